The molecular weight excluding hydrogens is 329 g/mol. The predicted octanol–water partition coefficient (Wildman–Crippen LogP) is 3.26. The summed E-state index contributed by atoms with van der Waals surface area (Å²) in [6.07, 6.45) is 3.18. The molecule has 6 heteroatoms. The molecule has 26 heavy (non-hydrogen) atoms. The molecule has 2 heterocycles. The molecule has 134 valence electrons. The van der Waals surface area contributed by atoms with Crippen molar-refractivity contribution < 1.29 is 4.39 Å². The highest BCUT2D eigenvalue weighted by Crippen LogP contribution is 2.23. The molecule has 0 N–H and O–H groups in total. The van der Waals surface area contributed by atoms with Crippen LogP contribution in [0.1, 0.15) is 24.2 Å². The average molecular weight is 351 g/mol. The lowest BCUT2D eigenvalue weighted by molar-refractivity contribution is 0.172. The Morgan fingerprint density at radius 1 is 1.00 bits per heavy atom. The maximum absolute atomic E-state index is 13.3. The zero-order valence-corrected chi connectivity index (χ0v) is 14.6. The van der Waals surface area contributed by atoms with Gasteiger partial charge in [0.05, 0.1) is 12.2 Å². The lowest BCUT2D eigenvalue weighted by atomic mass is 9.90. The van der Waals surface area contributed by atoms with Gasteiger partial charge in [0.2, 0.25) is 0 Å². The van der Waals surface area contributed by atoms with E-state index < -0.39 is 0 Å². The Kier molecular flexibility index (Phi) is 5.02. The van der Waals surface area contributed by atoms with Crippen molar-refractivity contribution in [2.75, 3.05) is 13.1 Å². The number of rotatable bonds is 5. The van der Waals surface area contributed by atoms with E-state index in [1.165, 1.54) is 6.07 Å². The van der Waals surface area contributed by atoms with Crippen LogP contribution in [0.25, 0.3) is 5.69 Å². The first kappa shape index (κ1) is 16.8. The number of piperidine rings is 1. The van der Waals surface area contributed by atoms with Crippen molar-refractivity contribution in [3.05, 3.63) is 71.8 Å². The summed E-state index contributed by atoms with van der Waals surface area (Å²) in [5, 5.41) is 12.2. The quantitative estimate of drug-likeness (QED) is 0.708. The molecule has 1 saturated heterocycles. The van der Waals surface area contributed by atoms with Crippen molar-refractivity contribution >= 4 is 0 Å². The fourth-order valence-corrected chi connectivity index (χ4v) is 3.62. The molecule has 4 rings (SSSR count). The number of halogens is 1. The molecule has 0 bridgehead atoms. The Bertz CT molecular complexity index is 840. The Balaban J connectivity index is 1.34. The van der Waals surface area contributed by atoms with Gasteiger partial charge in [-0.15, -0.1) is 5.10 Å². The third kappa shape index (κ3) is 3.96. The molecule has 0 amide bonds. The van der Waals surface area contributed by atoms with Crippen molar-refractivity contribution in [2.24, 2.45) is 5.92 Å². The molecule has 0 spiro atoms. The van der Waals surface area contributed by atoms with Crippen molar-refractivity contribution in [3.8, 4) is 5.69 Å². The van der Waals surface area contributed by atoms with Gasteiger partial charge in [0.15, 0.2) is 5.82 Å². The van der Waals surface area contributed by atoms with Gasteiger partial charge in [0.1, 0.15) is 5.82 Å². The van der Waals surface area contributed by atoms with Crippen molar-refractivity contribution in [3.63, 3.8) is 0 Å². The van der Waals surface area contributed by atoms with Crippen LogP contribution in [-0.2, 0) is 13.0 Å². The summed E-state index contributed by atoms with van der Waals surface area (Å²) < 4.78 is 15.1. The average Bonchev–Trinajstić information content (AvgIpc) is 3.12. The second-order valence-electron chi connectivity index (χ2n) is 6.90. The van der Waals surface area contributed by atoms with Gasteiger partial charge in [0, 0.05) is 0 Å². The highest BCUT2D eigenvalue weighted by atomic mass is 19.1. The van der Waals surface area contributed by atoms with E-state index in [0.717, 1.165) is 56.0 Å². The highest BCUT2D eigenvalue weighted by molar-refractivity contribution is 5.30. The van der Waals surface area contributed by atoms with E-state index in [1.807, 2.05) is 36.4 Å². The predicted molar refractivity (Wildman–Crippen MR) is 97.3 cm³/mol. The summed E-state index contributed by atoms with van der Waals surface area (Å²) in [5.41, 5.74) is 2.07. The van der Waals surface area contributed by atoms with E-state index in [0.29, 0.717) is 5.92 Å². The van der Waals surface area contributed by atoms with Gasteiger partial charge in [0.25, 0.3) is 0 Å². The summed E-state index contributed by atoms with van der Waals surface area (Å²) in [6.45, 7) is 2.78. The number of hydrogen-bond acceptors (Lipinski definition) is 4. The lowest BCUT2D eigenvalue weighted by Crippen LogP contribution is -2.34. The molecule has 1 aromatic heterocycles. The van der Waals surface area contributed by atoms with E-state index >= 15 is 0 Å². The van der Waals surface area contributed by atoms with E-state index in [1.54, 1.807) is 16.8 Å². The van der Waals surface area contributed by atoms with E-state index in [9.17, 15) is 4.39 Å². The van der Waals surface area contributed by atoms with E-state index in [4.69, 9.17) is 0 Å². The number of aromatic nitrogens is 4. The summed E-state index contributed by atoms with van der Waals surface area (Å²) >= 11 is 0. The third-order valence-electron chi connectivity index (χ3n) is 5.02. The van der Waals surface area contributed by atoms with E-state index in [-0.39, 0.29) is 5.82 Å². The molecule has 1 fully saturated rings. The van der Waals surface area contributed by atoms with Gasteiger partial charge >= 0.3 is 0 Å². The van der Waals surface area contributed by atoms with Gasteiger partial charge < -0.3 is 0 Å². The van der Waals surface area contributed by atoms with Crippen LogP contribution in [0, 0.1) is 11.7 Å². The molecule has 0 saturated carbocycles. The number of benzene rings is 2. The van der Waals surface area contributed by atoms with Crippen LogP contribution in [0.2, 0.25) is 0 Å². The third-order valence-corrected chi connectivity index (χ3v) is 5.02. The van der Waals surface area contributed by atoms with Crippen LogP contribution in [0.3, 0.4) is 0 Å². The van der Waals surface area contributed by atoms with Crippen LogP contribution in [0.15, 0.2) is 54.6 Å². The summed E-state index contributed by atoms with van der Waals surface area (Å²) in [6, 6.07) is 16.9. The molecule has 1 aliphatic rings. The standard InChI is InChI=1S/C20H22FN5/c21-18-6-4-5-17(14-18)13-16-9-11-25(12-10-16)15-20-22-23-24-26(20)19-7-2-1-3-8-19/h1-8,14,16H,9-13,15H2. The van der Waals surface area contributed by atoms with Crippen LogP contribution in [0.5, 0.6) is 0 Å². The second kappa shape index (κ2) is 7.74. The largest absolute Gasteiger partial charge is 0.296 e. The highest BCUT2D eigenvalue weighted by Gasteiger charge is 2.21. The Morgan fingerprint density at radius 2 is 1.81 bits per heavy atom. The molecule has 0 aliphatic carbocycles. The number of para-hydroxylation sites is 1. The van der Waals surface area contributed by atoms with E-state index in [2.05, 4.69) is 20.4 Å². The molecule has 3 aromatic rings. The Labute approximate surface area is 152 Å². The van der Waals surface area contributed by atoms with Crippen LogP contribution >= 0.6 is 0 Å². The Morgan fingerprint density at radius 3 is 2.58 bits per heavy atom. The zero-order valence-electron chi connectivity index (χ0n) is 14.6. The molecular formula is C20H22FN5. The zero-order chi connectivity index (χ0) is 17.8. The number of tetrazole rings is 1. The fraction of sp³-hybridized carbons (Fsp3) is 0.350. The van der Waals surface area contributed by atoms with Crippen LogP contribution < -0.4 is 0 Å². The monoisotopic (exact) mass is 351 g/mol. The topological polar surface area (TPSA) is 46.8 Å². The number of likely N-dealkylation sites (tertiary alicyclic amines) is 1. The second-order valence-corrected chi connectivity index (χ2v) is 6.90. The lowest BCUT2D eigenvalue weighted by Gasteiger charge is -2.31. The minimum Gasteiger partial charge on any atom is -0.296 e. The Hall–Kier alpha value is -2.60. The minimum atomic E-state index is -0.146. The summed E-state index contributed by atoms with van der Waals surface area (Å²) in [5.74, 6) is 1.32. The molecule has 2 aromatic carbocycles. The first-order valence-electron chi connectivity index (χ1n) is 9.07. The van der Waals surface area contributed by atoms with Crippen LogP contribution in [0.4, 0.5) is 4.39 Å². The molecule has 0 radical (unpaired) electrons. The van der Waals surface area contributed by atoms with Gasteiger partial charge in [-0.1, -0.05) is 30.3 Å². The minimum absolute atomic E-state index is 0.146. The number of hydrogen-bond donors (Lipinski definition) is 0. The van der Waals surface area contributed by atoms with Crippen molar-refractivity contribution in [1.82, 2.24) is 25.1 Å². The van der Waals surface area contributed by atoms with Crippen molar-refractivity contribution in [2.45, 2.75) is 25.8 Å². The fourth-order valence-electron chi connectivity index (χ4n) is 3.62. The SMILES string of the molecule is Fc1cccc(CC2CCN(Cc3nnnn3-c3ccccc3)CC2)c1. The molecule has 1 aliphatic heterocycles. The van der Waals surface area contributed by atoms with Gasteiger partial charge in [-0.05, 0) is 78.5 Å². The normalized spacial score (nSPS) is 16.0. The maximum Gasteiger partial charge on any atom is 0.170 e. The van der Waals surface area contributed by atoms with Gasteiger partial charge in [-0.25, -0.2) is 4.39 Å². The maximum atomic E-state index is 13.3. The molecule has 0 unspecified atom stereocenters. The van der Waals surface area contributed by atoms with Crippen LogP contribution in [-0.4, -0.2) is 38.2 Å². The first-order valence-corrected chi connectivity index (χ1v) is 9.07. The van der Waals surface area contributed by atoms with Crippen molar-refractivity contribution in [1.29, 1.82) is 0 Å². The molecule has 5 nitrogen and oxygen atoms in total. The first-order chi connectivity index (χ1) is 12.8. The molecule has 0 atom stereocenters. The van der Waals surface area contributed by atoms with Gasteiger partial charge in [-0.3, -0.25) is 4.90 Å². The number of nitrogens with zero attached hydrogens (tertiary/aromatic N) is 5. The summed E-state index contributed by atoms with van der Waals surface area (Å²) in [4.78, 5) is 2.40. The summed E-state index contributed by atoms with van der Waals surface area (Å²) in [7, 11) is 0. The smallest absolute Gasteiger partial charge is 0.170 e. The van der Waals surface area contributed by atoms with Gasteiger partial charge in [-0.2, -0.15) is 4.68 Å².